The van der Waals surface area contributed by atoms with Gasteiger partial charge in [0.2, 0.25) is 0 Å². The molecule has 0 spiro atoms. The van der Waals surface area contributed by atoms with E-state index in [1.54, 1.807) is 6.20 Å². The van der Waals surface area contributed by atoms with Gasteiger partial charge in [-0.05, 0) is 66.2 Å². The lowest BCUT2D eigenvalue weighted by Crippen LogP contribution is -2.55. The molecule has 0 unspecified atom stereocenters. The maximum absolute atomic E-state index is 12.6. The summed E-state index contributed by atoms with van der Waals surface area (Å²) in [6, 6.07) is 0. The standard InChI is InChI=1S/C19H28N4O3/c1-13-10-20-11-14(21-13)15(24)22-18-6-5-7-19(12-18,9-8-18)23-16(25)26-17(2,3)4/h10-11H,5-9,12H2,1-4H3,(H,22,24)(H,23,25)/t18-,19+/m0/s1. The third-order valence-corrected chi connectivity index (χ3v) is 5.20. The van der Waals surface area contributed by atoms with Crippen LogP contribution in [-0.2, 0) is 4.74 Å². The molecule has 2 N–H and O–H groups in total. The Morgan fingerprint density at radius 2 is 1.73 bits per heavy atom. The minimum absolute atomic E-state index is 0.198. The molecular weight excluding hydrogens is 332 g/mol. The number of nitrogens with one attached hydrogen (secondary N) is 2. The number of amides is 2. The number of hydrogen-bond donors (Lipinski definition) is 2. The number of aromatic nitrogens is 2. The second-order valence-electron chi connectivity index (χ2n) is 8.72. The number of carbonyl (C=O) groups excluding carboxylic acids is 2. The van der Waals surface area contributed by atoms with E-state index in [9.17, 15) is 9.59 Å². The van der Waals surface area contributed by atoms with Crippen LogP contribution in [0.1, 0.15) is 75.5 Å². The molecule has 3 rings (SSSR count). The fourth-order valence-electron chi connectivity index (χ4n) is 4.23. The Hall–Kier alpha value is -2.18. The lowest BCUT2D eigenvalue weighted by Gasteiger charge is -2.40. The summed E-state index contributed by atoms with van der Waals surface area (Å²) in [5.74, 6) is -0.198. The summed E-state index contributed by atoms with van der Waals surface area (Å²) < 4.78 is 5.43. The summed E-state index contributed by atoms with van der Waals surface area (Å²) in [6.45, 7) is 7.38. The quantitative estimate of drug-likeness (QED) is 0.864. The number of rotatable bonds is 3. The van der Waals surface area contributed by atoms with Crippen LogP contribution in [-0.4, -0.2) is 38.6 Å². The highest BCUT2D eigenvalue weighted by molar-refractivity contribution is 5.92. The van der Waals surface area contributed by atoms with E-state index < -0.39 is 5.60 Å². The first-order valence-corrected chi connectivity index (χ1v) is 9.23. The SMILES string of the molecule is Cc1cncc(C(=O)N[C@@]23CCC[C@@](NC(=O)OC(C)(C)C)(CC2)C3)n1. The minimum atomic E-state index is -0.525. The van der Waals surface area contributed by atoms with Crippen molar-refractivity contribution in [2.75, 3.05) is 0 Å². The topological polar surface area (TPSA) is 93.2 Å². The highest BCUT2D eigenvalue weighted by atomic mass is 16.6. The van der Waals surface area contributed by atoms with Crippen LogP contribution in [0, 0.1) is 6.92 Å². The van der Waals surface area contributed by atoms with Crippen LogP contribution in [0.4, 0.5) is 4.79 Å². The lowest BCUT2D eigenvalue weighted by atomic mass is 9.78. The molecule has 2 aliphatic carbocycles. The predicted molar refractivity (Wildman–Crippen MR) is 96.8 cm³/mol. The molecule has 2 bridgehead atoms. The van der Waals surface area contributed by atoms with E-state index in [1.165, 1.54) is 6.20 Å². The first kappa shape index (κ1) is 18.6. The first-order valence-electron chi connectivity index (χ1n) is 9.23. The summed E-state index contributed by atoms with van der Waals surface area (Å²) in [5.41, 5.74) is -0.0703. The van der Waals surface area contributed by atoms with Gasteiger partial charge in [-0.2, -0.15) is 0 Å². The summed E-state index contributed by atoms with van der Waals surface area (Å²) in [4.78, 5) is 33.2. The molecule has 2 amide bonds. The summed E-state index contributed by atoms with van der Waals surface area (Å²) in [7, 11) is 0. The Morgan fingerprint density at radius 1 is 1.08 bits per heavy atom. The van der Waals surface area contributed by atoms with Gasteiger partial charge in [0.15, 0.2) is 0 Å². The summed E-state index contributed by atoms with van der Waals surface area (Å²) >= 11 is 0. The van der Waals surface area contributed by atoms with Gasteiger partial charge >= 0.3 is 6.09 Å². The van der Waals surface area contributed by atoms with Gasteiger partial charge < -0.3 is 15.4 Å². The monoisotopic (exact) mass is 360 g/mol. The second kappa shape index (κ2) is 6.52. The van der Waals surface area contributed by atoms with Crippen LogP contribution in [0.15, 0.2) is 12.4 Å². The molecule has 0 aromatic carbocycles. The van der Waals surface area contributed by atoms with E-state index >= 15 is 0 Å². The zero-order chi connectivity index (χ0) is 19.0. The number of hydrogen-bond acceptors (Lipinski definition) is 5. The molecule has 2 fully saturated rings. The molecule has 0 radical (unpaired) electrons. The molecule has 1 aromatic rings. The van der Waals surface area contributed by atoms with Crippen LogP contribution < -0.4 is 10.6 Å². The molecule has 2 atom stereocenters. The Labute approximate surface area is 154 Å². The van der Waals surface area contributed by atoms with Crippen molar-refractivity contribution in [2.45, 2.75) is 82.9 Å². The Kier molecular flexibility index (Phi) is 4.67. The third kappa shape index (κ3) is 4.14. The number of ether oxygens (including phenoxy) is 1. The fraction of sp³-hybridized carbons (Fsp3) is 0.684. The van der Waals surface area contributed by atoms with Crippen LogP contribution in [0.25, 0.3) is 0 Å². The van der Waals surface area contributed by atoms with Crippen molar-refractivity contribution in [3.8, 4) is 0 Å². The zero-order valence-corrected chi connectivity index (χ0v) is 16.0. The van der Waals surface area contributed by atoms with Crippen molar-refractivity contribution in [1.29, 1.82) is 0 Å². The predicted octanol–water partition coefficient (Wildman–Crippen LogP) is 2.88. The molecule has 1 heterocycles. The molecule has 0 aliphatic heterocycles. The van der Waals surface area contributed by atoms with Crippen LogP contribution in [0.5, 0.6) is 0 Å². The average Bonchev–Trinajstić information content (AvgIpc) is 2.75. The Bertz CT molecular complexity index is 715. The van der Waals surface area contributed by atoms with Crippen molar-refractivity contribution in [2.24, 2.45) is 0 Å². The minimum Gasteiger partial charge on any atom is -0.444 e. The van der Waals surface area contributed by atoms with Crippen molar-refractivity contribution in [1.82, 2.24) is 20.6 Å². The molecule has 0 saturated heterocycles. The average molecular weight is 360 g/mol. The lowest BCUT2D eigenvalue weighted by molar-refractivity contribution is 0.0428. The highest BCUT2D eigenvalue weighted by Crippen LogP contribution is 2.48. The van der Waals surface area contributed by atoms with E-state index in [4.69, 9.17) is 4.74 Å². The molecule has 1 aromatic heterocycles. The Balaban J connectivity index is 1.68. The van der Waals surface area contributed by atoms with E-state index in [2.05, 4.69) is 20.6 Å². The van der Waals surface area contributed by atoms with Crippen LogP contribution in [0.3, 0.4) is 0 Å². The van der Waals surface area contributed by atoms with Gasteiger partial charge in [0.25, 0.3) is 5.91 Å². The highest BCUT2D eigenvalue weighted by Gasteiger charge is 2.52. The van der Waals surface area contributed by atoms with Crippen molar-refractivity contribution >= 4 is 12.0 Å². The van der Waals surface area contributed by atoms with Crippen LogP contribution >= 0.6 is 0 Å². The third-order valence-electron chi connectivity index (χ3n) is 5.20. The van der Waals surface area contributed by atoms with E-state index in [1.807, 2.05) is 27.7 Å². The molecule has 7 nitrogen and oxygen atoms in total. The van der Waals surface area contributed by atoms with Crippen molar-refractivity contribution in [3.05, 3.63) is 23.8 Å². The van der Waals surface area contributed by atoms with Gasteiger partial charge in [-0.25, -0.2) is 9.78 Å². The maximum Gasteiger partial charge on any atom is 0.408 e. The fourth-order valence-corrected chi connectivity index (χ4v) is 4.23. The number of alkyl carbamates (subject to hydrolysis) is 1. The summed E-state index contributed by atoms with van der Waals surface area (Å²) in [6.07, 6.45) is 7.92. The molecule has 2 saturated carbocycles. The van der Waals surface area contributed by atoms with Crippen LogP contribution in [0.2, 0.25) is 0 Å². The number of aryl methyl sites for hydroxylation is 1. The molecular formula is C19H28N4O3. The smallest absolute Gasteiger partial charge is 0.408 e. The number of nitrogens with zero attached hydrogens (tertiary/aromatic N) is 2. The van der Waals surface area contributed by atoms with Gasteiger partial charge in [0.1, 0.15) is 11.3 Å². The largest absolute Gasteiger partial charge is 0.444 e. The van der Waals surface area contributed by atoms with E-state index in [-0.39, 0.29) is 23.1 Å². The molecule has 2 aliphatic rings. The molecule has 142 valence electrons. The summed E-state index contributed by atoms with van der Waals surface area (Å²) in [5, 5.41) is 6.27. The van der Waals surface area contributed by atoms with E-state index in [0.717, 1.165) is 38.5 Å². The normalized spacial score (nSPS) is 27.7. The zero-order valence-electron chi connectivity index (χ0n) is 16.0. The van der Waals surface area contributed by atoms with Crippen molar-refractivity contribution < 1.29 is 14.3 Å². The van der Waals surface area contributed by atoms with Gasteiger partial charge in [0, 0.05) is 17.3 Å². The number of fused-ring (bicyclic) bond motifs is 2. The van der Waals surface area contributed by atoms with Crippen molar-refractivity contribution in [3.63, 3.8) is 0 Å². The van der Waals surface area contributed by atoms with Gasteiger partial charge in [-0.1, -0.05) is 0 Å². The first-order chi connectivity index (χ1) is 12.1. The molecule has 26 heavy (non-hydrogen) atoms. The number of carbonyl (C=O) groups is 2. The van der Waals surface area contributed by atoms with Gasteiger partial charge in [-0.15, -0.1) is 0 Å². The maximum atomic E-state index is 12.6. The van der Waals surface area contributed by atoms with Gasteiger partial charge in [-0.3, -0.25) is 9.78 Å². The molecule has 7 heteroatoms. The van der Waals surface area contributed by atoms with E-state index in [0.29, 0.717) is 11.4 Å². The Morgan fingerprint density at radius 3 is 2.35 bits per heavy atom. The van der Waals surface area contributed by atoms with Gasteiger partial charge in [0.05, 0.1) is 11.9 Å². The second-order valence-corrected chi connectivity index (χ2v) is 8.72.